The van der Waals surface area contributed by atoms with Gasteiger partial charge < -0.3 is 5.32 Å². The molecule has 0 heterocycles. The molecule has 0 saturated heterocycles. The number of rotatable bonds is 3. The highest BCUT2D eigenvalue weighted by molar-refractivity contribution is 5.61. The topological polar surface area (TPSA) is 55.2 Å². The lowest BCUT2D eigenvalue weighted by molar-refractivity contribution is -0.384. The summed E-state index contributed by atoms with van der Waals surface area (Å²) >= 11 is 0. The van der Waals surface area contributed by atoms with Gasteiger partial charge >= 0.3 is 0 Å². The maximum Gasteiger partial charge on any atom is 0.295 e. The first-order valence-electron chi connectivity index (χ1n) is 6.69. The number of nitrogens with one attached hydrogen (secondary N) is 1. The second-order valence-electron chi connectivity index (χ2n) is 5.44. The first-order chi connectivity index (χ1) is 8.99. The Labute approximate surface area is 112 Å². The van der Waals surface area contributed by atoms with E-state index in [0.29, 0.717) is 17.5 Å². The van der Waals surface area contributed by atoms with Crippen LogP contribution in [0.5, 0.6) is 0 Å². The normalized spacial score (nSPS) is 27.0. The van der Waals surface area contributed by atoms with Gasteiger partial charge in [-0.1, -0.05) is 26.7 Å². The molecule has 1 fully saturated rings. The number of hydrogen-bond donors (Lipinski definition) is 1. The lowest BCUT2D eigenvalue weighted by Crippen LogP contribution is -2.35. The fourth-order valence-electron chi connectivity index (χ4n) is 2.76. The van der Waals surface area contributed by atoms with Crippen LogP contribution in [0.15, 0.2) is 18.2 Å². The smallest absolute Gasteiger partial charge is 0.295 e. The Morgan fingerprint density at radius 1 is 1.37 bits per heavy atom. The number of benzene rings is 1. The number of halogens is 1. The van der Waals surface area contributed by atoms with Crippen LogP contribution in [0.25, 0.3) is 0 Å². The van der Waals surface area contributed by atoms with Gasteiger partial charge in [-0.2, -0.15) is 0 Å². The number of hydrogen-bond acceptors (Lipinski definition) is 3. The molecule has 1 saturated carbocycles. The highest BCUT2D eigenvalue weighted by atomic mass is 19.1. The summed E-state index contributed by atoms with van der Waals surface area (Å²) in [4.78, 5) is 10.4. The Balaban J connectivity index is 2.21. The first-order valence-corrected chi connectivity index (χ1v) is 6.69. The average Bonchev–Trinajstić information content (AvgIpc) is 2.36. The van der Waals surface area contributed by atoms with Gasteiger partial charge in [-0.25, -0.2) is 4.39 Å². The Hall–Kier alpha value is -1.65. The number of nitro benzene ring substituents is 1. The second-order valence-corrected chi connectivity index (χ2v) is 5.44. The van der Waals surface area contributed by atoms with Crippen molar-refractivity contribution in [2.24, 2.45) is 11.8 Å². The molecule has 0 spiro atoms. The molecular weight excluding hydrogens is 247 g/mol. The molecule has 0 bridgehead atoms. The van der Waals surface area contributed by atoms with E-state index in [0.717, 1.165) is 18.9 Å². The molecule has 1 aliphatic rings. The van der Waals surface area contributed by atoms with E-state index in [-0.39, 0.29) is 11.7 Å². The van der Waals surface area contributed by atoms with E-state index in [2.05, 4.69) is 19.2 Å². The highest BCUT2D eigenvalue weighted by Gasteiger charge is 2.28. The van der Waals surface area contributed by atoms with Crippen molar-refractivity contribution < 1.29 is 9.31 Å². The van der Waals surface area contributed by atoms with Crippen LogP contribution in [-0.4, -0.2) is 11.0 Å². The van der Waals surface area contributed by atoms with Crippen molar-refractivity contribution in [2.75, 3.05) is 5.32 Å². The Kier molecular flexibility index (Phi) is 4.02. The first kappa shape index (κ1) is 13.8. The van der Waals surface area contributed by atoms with Gasteiger partial charge in [-0.05, 0) is 30.4 Å². The van der Waals surface area contributed by atoms with Crippen molar-refractivity contribution in [1.82, 2.24) is 0 Å². The molecule has 2 rings (SSSR count). The molecule has 4 nitrogen and oxygen atoms in total. The van der Waals surface area contributed by atoms with Crippen LogP contribution in [-0.2, 0) is 0 Å². The van der Waals surface area contributed by atoms with E-state index in [4.69, 9.17) is 0 Å². The minimum atomic E-state index is -0.581. The van der Waals surface area contributed by atoms with Crippen molar-refractivity contribution in [3.05, 3.63) is 34.1 Å². The van der Waals surface area contributed by atoms with Crippen molar-refractivity contribution in [3.63, 3.8) is 0 Å². The molecule has 0 radical (unpaired) electrons. The molecular formula is C14H19FN2O2. The predicted molar refractivity (Wildman–Crippen MR) is 72.6 cm³/mol. The largest absolute Gasteiger partial charge is 0.376 e. The minimum Gasteiger partial charge on any atom is -0.376 e. The Morgan fingerprint density at radius 3 is 2.79 bits per heavy atom. The summed E-state index contributed by atoms with van der Waals surface area (Å²) in [5.74, 6) is 0.478. The lowest BCUT2D eigenvalue weighted by Gasteiger charge is -2.35. The molecule has 1 N–H and O–H groups in total. The summed E-state index contributed by atoms with van der Waals surface area (Å²) in [5.41, 5.74) is 0.225. The molecule has 3 unspecified atom stereocenters. The summed E-state index contributed by atoms with van der Waals surface area (Å²) in [6, 6.07) is 3.90. The maximum atomic E-state index is 13.1. The number of anilines is 1. The molecule has 104 valence electrons. The Morgan fingerprint density at radius 2 is 2.11 bits per heavy atom. The van der Waals surface area contributed by atoms with Gasteiger partial charge in [0, 0.05) is 6.04 Å². The number of nitro groups is 1. The summed E-state index contributed by atoms with van der Waals surface area (Å²) in [7, 11) is 0. The van der Waals surface area contributed by atoms with Gasteiger partial charge in [0.2, 0.25) is 0 Å². The van der Waals surface area contributed by atoms with E-state index in [1.165, 1.54) is 18.6 Å². The van der Waals surface area contributed by atoms with E-state index in [1.54, 1.807) is 0 Å². The van der Waals surface area contributed by atoms with E-state index >= 15 is 0 Å². The monoisotopic (exact) mass is 266 g/mol. The molecule has 1 aromatic carbocycles. The summed E-state index contributed by atoms with van der Waals surface area (Å²) < 4.78 is 13.1. The Bertz CT molecular complexity index is 479. The molecule has 0 aliphatic heterocycles. The zero-order valence-electron chi connectivity index (χ0n) is 11.2. The third-order valence-electron chi connectivity index (χ3n) is 4.20. The van der Waals surface area contributed by atoms with E-state index in [1.807, 2.05) is 0 Å². The van der Waals surface area contributed by atoms with E-state index < -0.39 is 10.7 Å². The quantitative estimate of drug-likeness (QED) is 0.665. The van der Waals surface area contributed by atoms with Crippen LogP contribution in [0.3, 0.4) is 0 Å². The van der Waals surface area contributed by atoms with Crippen molar-refractivity contribution in [3.8, 4) is 0 Å². The van der Waals surface area contributed by atoms with Crippen LogP contribution in [0.1, 0.15) is 33.1 Å². The third kappa shape index (κ3) is 3.03. The molecule has 0 aromatic heterocycles. The standard InChI is InChI=1S/C14H19FN2O2/c1-9-4-3-5-12(10(9)2)16-13-7-6-11(15)8-14(13)17(18)19/h6-10,12,16H,3-5H2,1-2H3. The lowest BCUT2D eigenvalue weighted by atomic mass is 9.78. The van der Waals surface area contributed by atoms with Gasteiger partial charge in [0.05, 0.1) is 11.0 Å². The fourth-order valence-corrected chi connectivity index (χ4v) is 2.76. The molecule has 19 heavy (non-hydrogen) atoms. The third-order valence-corrected chi connectivity index (χ3v) is 4.20. The second kappa shape index (κ2) is 5.55. The van der Waals surface area contributed by atoms with E-state index in [9.17, 15) is 14.5 Å². The number of nitrogens with zero attached hydrogens (tertiary/aromatic N) is 1. The summed E-state index contributed by atoms with van der Waals surface area (Å²) in [6.07, 6.45) is 3.32. The molecule has 1 aliphatic carbocycles. The minimum absolute atomic E-state index is 0.189. The van der Waals surface area contributed by atoms with Crippen LogP contribution >= 0.6 is 0 Å². The molecule has 1 aromatic rings. The summed E-state index contributed by atoms with van der Waals surface area (Å²) in [6.45, 7) is 4.37. The maximum absolute atomic E-state index is 13.1. The van der Waals surface area contributed by atoms with Crippen molar-refractivity contribution in [2.45, 2.75) is 39.2 Å². The van der Waals surface area contributed by atoms with Gasteiger partial charge in [0.1, 0.15) is 11.5 Å². The predicted octanol–water partition coefficient (Wildman–Crippen LogP) is 3.97. The molecule has 3 atom stereocenters. The van der Waals surface area contributed by atoms with Gasteiger partial charge in [0.15, 0.2) is 0 Å². The highest BCUT2D eigenvalue weighted by Crippen LogP contribution is 2.34. The SMILES string of the molecule is CC1CCCC(Nc2ccc(F)cc2[N+](=O)[O-])C1C. The van der Waals surface area contributed by atoms with Crippen molar-refractivity contribution >= 4 is 11.4 Å². The zero-order chi connectivity index (χ0) is 14.0. The van der Waals surface area contributed by atoms with Gasteiger partial charge in [-0.3, -0.25) is 10.1 Å². The van der Waals surface area contributed by atoms with Crippen LogP contribution in [0.4, 0.5) is 15.8 Å². The van der Waals surface area contributed by atoms with Crippen molar-refractivity contribution in [1.29, 1.82) is 0 Å². The summed E-state index contributed by atoms with van der Waals surface area (Å²) in [5, 5.41) is 14.2. The molecule has 0 amide bonds. The van der Waals surface area contributed by atoms with Gasteiger partial charge in [0.25, 0.3) is 5.69 Å². The fraction of sp³-hybridized carbons (Fsp3) is 0.571. The van der Waals surface area contributed by atoms with Crippen LogP contribution in [0.2, 0.25) is 0 Å². The van der Waals surface area contributed by atoms with Crippen LogP contribution < -0.4 is 5.32 Å². The van der Waals surface area contributed by atoms with Crippen LogP contribution in [0, 0.1) is 27.8 Å². The van der Waals surface area contributed by atoms with Gasteiger partial charge in [-0.15, -0.1) is 0 Å². The zero-order valence-corrected chi connectivity index (χ0v) is 11.2. The molecule has 5 heteroatoms. The average molecular weight is 266 g/mol.